The largest absolute Gasteiger partial charge is 0.535 e. The fourth-order valence-corrected chi connectivity index (χ4v) is 3.68. The summed E-state index contributed by atoms with van der Waals surface area (Å²) in [5, 5.41) is 27.2. The van der Waals surface area contributed by atoms with Crippen molar-refractivity contribution in [3.05, 3.63) is 41.2 Å². The van der Waals surface area contributed by atoms with Crippen molar-refractivity contribution in [3.63, 3.8) is 0 Å². The Morgan fingerprint density at radius 3 is 2.77 bits per heavy atom. The molecule has 0 bridgehead atoms. The Hall–Kier alpha value is -3.25. The van der Waals surface area contributed by atoms with Crippen molar-refractivity contribution in [3.8, 4) is 5.75 Å². The number of amides is 1. The summed E-state index contributed by atoms with van der Waals surface area (Å²) in [7, 11) is -1.30. The molecule has 156 valence electrons. The van der Waals surface area contributed by atoms with E-state index >= 15 is 0 Å². The van der Waals surface area contributed by atoms with Crippen LogP contribution in [0.15, 0.2) is 24.4 Å². The Labute approximate surface area is 171 Å². The molecule has 2 aromatic rings. The number of hydrogen-bond acceptors (Lipinski definition) is 8. The molecule has 0 aliphatic carbocycles. The molecule has 1 amide bonds. The molecule has 11 nitrogen and oxygen atoms in total. The molecule has 0 spiro atoms. The number of aromatic carboxylic acids is 1. The summed E-state index contributed by atoms with van der Waals surface area (Å²) < 4.78 is 6.68. The molecule has 0 radical (unpaired) electrons. The number of carbonyl (C=O) groups is 3. The third-order valence-electron chi connectivity index (χ3n) is 5.23. The number of Topliss-reactive ketones (excluding diaryl/α,β-unsaturated/α-hetero) is 1. The molecule has 2 aliphatic heterocycles. The van der Waals surface area contributed by atoms with E-state index in [9.17, 15) is 24.5 Å². The highest BCUT2D eigenvalue weighted by Crippen LogP contribution is 2.36. The molecule has 1 fully saturated rings. The van der Waals surface area contributed by atoms with Gasteiger partial charge in [0.1, 0.15) is 12.3 Å². The van der Waals surface area contributed by atoms with Crippen LogP contribution in [-0.4, -0.2) is 73.9 Å². The van der Waals surface area contributed by atoms with Gasteiger partial charge in [-0.3, -0.25) is 9.59 Å². The molecular formula is C18H20BN5O6. The van der Waals surface area contributed by atoms with E-state index in [1.54, 1.807) is 17.0 Å². The lowest BCUT2D eigenvalue weighted by molar-refractivity contribution is -0.120. The first-order valence-corrected chi connectivity index (χ1v) is 9.48. The van der Waals surface area contributed by atoms with Crippen LogP contribution in [0.4, 0.5) is 0 Å². The van der Waals surface area contributed by atoms with Crippen molar-refractivity contribution in [2.45, 2.75) is 31.2 Å². The van der Waals surface area contributed by atoms with Crippen molar-refractivity contribution in [2.24, 2.45) is 5.73 Å². The van der Waals surface area contributed by atoms with E-state index < -0.39 is 18.9 Å². The summed E-state index contributed by atoms with van der Waals surface area (Å²) in [5.74, 6) is -2.05. The lowest BCUT2D eigenvalue weighted by Gasteiger charge is -2.36. The number of rotatable bonds is 6. The number of fused-ring (bicyclic) bond motifs is 1. The van der Waals surface area contributed by atoms with Crippen LogP contribution in [0.1, 0.15) is 32.8 Å². The molecule has 12 heteroatoms. The fraction of sp³-hybridized carbons (Fsp3) is 0.389. The number of ketones is 1. The van der Waals surface area contributed by atoms with E-state index in [0.29, 0.717) is 25.1 Å². The minimum atomic E-state index is -1.30. The van der Waals surface area contributed by atoms with Crippen molar-refractivity contribution in [1.82, 2.24) is 19.9 Å². The number of nitrogens with zero attached hydrogens (tertiary/aromatic N) is 4. The van der Waals surface area contributed by atoms with Crippen LogP contribution in [0, 0.1) is 0 Å². The van der Waals surface area contributed by atoms with Crippen LogP contribution in [0.3, 0.4) is 0 Å². The average molecular weight is 413 g/mol. The molecule has 1 saturated heterocycles. The normalized spacial score (nSPS) is 18.4. The first-order chi connectivity index (χ1) is 14.3. The minimum absolute atomic E-state index is 0.00201. The second kappa shape index (κ2) is 7.88. The summed E-state index contributed by atoms with van der Waals surface area (Å²) in [6.45, 7) is 0.829. The molecule has 1 aromatic carbocycles. The molecule has 0 unspecified atom stereocenters. The highest BCUT2D eigenvalue weighted by atomic mass is 16.5. The smallest absolute Gasteiger partial charge is 0.526 e. The number of carboxylic acids is 1. The van der Waals surface area contributed by atoms with Crippen LogP contribution < -0.4 is 10.4 Å². The maximum Gasteiger partial charge on any atom is 0.526 e. The third kappa shape index (κ3) is 3.91. The predicted octanol–water partition coefficient (Wildman–Crippen LogP) is -0.796. The van der Waals surface area contributed by atoms with Gasteiger partial charge in [0.25, 0.3) is 5.91 Å². The van der Waals surface area contributed by atoms with Crippen LogP contribution in [0.5, 0.6) is 5.75 Å². The highest BCUT2D eigenvalue weighted by molar-refractivity contribution is 6.47. The zero-order valence-corrected chi connectivity index (χ0v) is 16.0. The molecule has 0 saturated carbocycles. The average Bonchev–Trinajstić information content (AvgIpc) is 3.13. The second-order valence-electron chi connectivity index (χ2n) is 7.59. The lowest BCUT2D eigenvalue weighted by Crippen LogP contribution is -2.57. The number of carbonyl (C=O) groups excluding carboxylic acids is 2. The van der Waals surface area contributed by atoms with E-state index in [-0.39, 0.29) is 47.7 Å². The standard InChI is InChI=1S/C18H20BN5O6/c20-12-6-23(7-12)17(26)15-9-24(22-21-15)8-13(25)5-11-4-10-2-1-3-14(18(27)28)16(10)30-19(11)29/h1-3,9,11-12,29H,4-8,20H2,(H,27,28)/t11-/m1/s1. The van der Waals surface area contributed by atoms with Gasteiger partial charge in [-0.05, 0) is 18.1 Å². The van der Waals surface area contributed by atoms with Crippen molar-refractivity contribution >= 4 is 24.8 Å². The molecular weight excluding hydrogens is 393 g/mol. The van der Waals surface area contributed by atoms with Gasteiger partial charge < -0.3 is 25.4 Å². The zero-order chi connectivity index (χ0) is 21.4. The Balaban J connectivity index is 1.37. The monoisotopic (exact) mass is 413 g/mol. The first-order valence-electron chi connectivity index (χ1n) is 9.48. The van der Waals surface area contributed by atoms with Gasteiger partial charge in [-0.15, -0.1) is 5.10 Å². The lowest BCUT2D eigenvalue weighted by atomic mass is 9.64. The quantitative estimate of drug-likeness (QED) is 0.515. The van der Waals surface area contributed by atoms with E-state index in [2.05, 4.69) is 10.3 Å². The van der Waals surface area contributed by atoms with Crippen molar-refractivity contribution in [1.29, 1.82) is 0 Å². The third-order valence-corrected chi connectivity index (χ3v) is 5.23. The van der Waals surface area contributed by atoms with Crippen LogP contribution in [0.2, 0.25) is 5.82 Å². The zero-order valence-electron chi connectivity index (χ0n) is 16.0. The van der Waals surface area contributed by atoms with E-state index in [4.69, 9.17) is 10.4 Å². The minimum Gasteiger partial charge on any atom is -0.535 e. The summed E-state index contributed by atoms with van der Waals surface area (Å²) in [5.41, 5.74) is 6.41. The Morgan fingerprint density at radius 1 is 1.30 bits per heavy atom. The molecule has 4 rings (SSSR count). The SMILES string of the molecule is NC1CN(C(=O)c2cn(CC(=O)C[C@H]3Cc4cccc(C(=O)O)c4OB3O)nn2)C1. The number of aromatic nitrogens is 3. The van der Waals surface area contributed by atoms with Gasteiger partial charge in [0.15, 0.2) is 11.5 Å². The Bertz CT molecular complexity index is 1000. The fourth-order valence-electron chi connectivity index (χ4n) is 3.68. The molecule has 3 heterocycles. The van der Waals surface area contributed by atoms with Crippen LogP contribution >= 0.6 is 0 Å². The number of benzene rings is 1. The number of para-hydroxylation sites is 1. The summed E-state index contributed by atoms with van der Waals surface area (Å²) in [6.07, 6.45) is 1.72. The topological polar surface area (TPSA) is 161 Å². The van der Waals surface area contributed by atoms with Gasteiger partial charge >= 0.3 is 13.1 Å². The van der Waals surface area contributed by atoms with Gasteiger partial charge in [0.05, 0.1) is 11.8 Å². The summed E-state index contributed by atoms with van der Waals surface area (Å²) >= 11 is 0. The number of carboxylic acid groups (broad SMARTS) is 1. The number of nitrogens with two attached hydrogens (primary N) is 1. The van der Waals surface area contributed by atoms with Gasteiger partial charge in [-0.1, -0.05) is 17.3 Å². The Morgan fingerprint density at radius 2 is 2.07 bits per heavy atom. The van der Waals surface area contributed by atoms with Crippen LogP contribution in [-0.2, 0) is 17.8 Å². The van der Waals surface area contributed by atoms with E-state index in [0.717, 1.165) is 0 Å². The molecule has 1 atom stereocenters. The number of hydrogen-bond donors (Lipinski definition) is 3. The maximum absolute atomic E-state index is 12.5. The molecule has 1 aromatic heterocycles. The predicted molar refractivity (Wildman–Crippen MR) is 103 cm³/mol. The van der Waals surface area contributed by atoms with Gasteiger partial charge in [0.2, 0.25) is 0 Å². The highest BCUT2D eigenvalue weighted by Gasteiger charge is 2.38. The molecule has 4 N–H and O–H groups in total. The van der Waals surface area contributed by atoms with Crippen molar-refractivity contribution in [2.75, 3.05) is 13.1 Å². The van der Waals surface area contributed by atoms with Crippen molar-refractivity contribution < 1.29 is 29.2 Å². The van der Waals surface area contributed by atoms with Gasteiger partial charge in [-0.2, -0.15) is 0 Å². The first kappa shape index (κ1) is 20.0. The van der Waals surface area contributed by atoms with Gasteiger partial charge in [-0.25, -0.2) is 9.48 Å². The van der Waals surface area contributed by atoms with Gasteiger partial charge in [0, 0.05) is 31.4 Å². The van der Waals surface area contributed by atoms with E-state index in [1.165, 1.54) is 16.9 Å². The second-order valence-corrected chi connectivity index (χ2v) is 7.59. The molecule has 30 heavy (non-hydrogen) atoms. The summed E-state index contributed by atoms with van der Waals surface area (Å²) in [6, 6.07) is 4.69. The van der Waals surface area contributed by atoms with E-state index in [1.807, 2.05) is 0 Å². The summed E-state index contributed by atoms with van der Waals surface area (Å²) in [4.78, 5) is 37.5. The molecule has 2 aliphatic rings. The van der Waals surface area contributed by atoms with Crippen LogP contribution in [0.25, 0.3) is 0 Å². The number of likely N-dealkylation sites (tertiary alicyclic amines) is 1. The maximum atomic E-state index is 12.5. The Kier molecular flexibility index (Phi) is 5.26.